The molecule has 1 saturated heterocycles. The molecule has 0 radical (unpaired) electrons. The van der Waals surface area contributed by atoms with Crippen molar-refractivity contribution in [2.45, 2.75) is 23.8 Å². The van der Waals surface area contributed by atoms with Crippen LogP contribution in [-0.4, -0.2) is 63.7 Å². The van der Waals surface area contributed by atoms with Gasteiger partial charge >= 0.3 is 0 Å². The van der Waals surface area contributed by atoms with Gasteiger partial charge in [0, 0.05) is 26.2 Å². The van der Waals surface area contributed by atoms with Gasteiger partial charge in [-0.15, -0.1) is 0 Å². The number of amides is 2. The number of benzene rings is 2. The van der Waals surface area contributed by atoms with Crippen molar-refractivity contribution in [3.8, 4) is 5.75 Å². The van der Waals surface area contributed by atoms with E-state index in [4.69, 9.17) is 4.74 Å². The number of hydrogen-bond acceptors (Lipinski definition) is 5. The van der Waals surface area contributed by atoms with Crippen molar-refractivity contribution in [3.63, 3.8) is 0 Å². The van der Waals surface area contributed by atoms with Gasteiger partial charge in [-0.25, -0.2) is 12.7 Å². The summed E-state index contributed by atoms with van der Waals surface area (Å²) in [5.74, 6) is 0.0506. The van der Waals surface area contributed by atoms with Crippen LogP contribution in [0.15, 0.2) is 53.4 Å². The second-order valence-electron chi connectivity index (χ2n) is 7.52. The van der Waals surface area contributed by atoms with Gasteiger partial charge in [0.15, 0.2) is 0 Å². The molecule has 166 valence electrons. The molecule has 0 saturated carbocycles. The standard InChI is InChI=1S/C22H27N3O5S/c1-24(2)31(28,29)19-10-5-8-17(14-19)22(27)23-15-21(26)25-12-6-11-20(25)16-7-4-9-18(13-16)30-3/h4-5,7-10,13-14,20H,6,11-12,15H2,1-3H3,(H,23,27). The lowest BCUT2D eigenvalue weighted by atomic mass is 10.0. The summed E-state index contributed by atoms with van der Waals surface area (Å²) in [5, 5.41) is 2.61. The molecule has 1 unspecified atom stereocenters. The number of methoxy groups -OCH3 is 1. The monoisotopic (exact) mass is 445 g/mol. The van der Waals surface area contributed by atoms with Crippen LogP contribution in [0.25, 0.3) is 0 Å². The largest absolute Gasteiger partial charge is 0.497 e. The van der Waals surface area contributed by atoms with E-state index in [1.54, 1.807) is 12.0 Å². The van der Waals surface area contributed by atoms with Gasteiger partial charge in [-0.1, -0.05) is 18.2 Å². The molecule has 2 aromatic carbocycles. The highest BCUT2D eigenvalue weighted by atomic mass is 32.2. The van der Waals surface area contributed by atoms with E-state index in [1.807, 2.05) is 24.3 Å². The Morgan fingerprint density at radius 2 is 1.90 bits per heavy atom. The van der Waals surface area contributed by atoms with Gasteiger partial charge in [0.1, 0.15) is 5.75 Å². The van der Waals surface area contributed by atoms with E-state index in [2.05, 4.69) is 5.32 Å². The minimum atomic E-state index is -3.65. The summed E-state index contributed by atoms with van der Waals surface area (Å²) >= 11 is 0. The first-order valence-electron chi connectivity index (χ1n) is 9.98. The minimum Gasteiger partial charge on any atom is -0.497 e. The summed E-state index contributed by atoms with van der Waals surface area (Å²) < 4.78 is 30.9. The number of hydrogen-bond donors (Lipinski definition) is 1. The molecular weight excluding hydrogens is 418 g/mol. The first-order valence-corrected chi connectivity index (χ1v) is 11.4. The second-order valence-corrected chi connectivity index (χ2v) is 9.67. The fourth-order valence-corrected chi connectivity index (χ4v) is 4.58. The Labute approximate surface area is 182 Å². The van der Waals surface area contributed by atoms with Crippen LogP contribution in [0, 0.1) is 0 Å². The van der Waals surface area contributed by atoms with Crippen molar-refractivity contribution >= 4 is 21.8 Å². The summed E-state index contributed by atoms with van der Waals surface area (Å²) in [6, 6.07) is 13.3. The van der Waals surface area contributed by atoms with Crippen molar-refractivity contribution in [1.29, 1.82) is 0 Å². The fraction of sp³-hybridized carbons (Fsp3) is 0.364. The number of nitrogens with zero attached hydrogens (tertiary/aromatic N) is 2. The van der Waals surface area contributed by atoms with Crippen LogP contribution in [0.4, 0.5) is 0 Å². The van der Waals surface area contributed by atoms with Gasteiger partial charge in [-0.3, -0.25) is 9.59 Å². The molecule has 3 rings (SSSR count). The lowest BCUT2D eigenvalue weighted by molar-refractivity contribution is -0.131. The van der Waals surface area contributed by atoms with Gasteiger partial charge in [-0.05, 0) is 48.7 Å². The van der Waals surface area contributed by atoms with Crippen molar-refractivity contribution in [2.24, 2.45) is 0 Å². The van der Waals surface area contributed by atoms with Crippen LogP contribution in [0.3, 0.4) is 0 Å². The maximum absolute atomic E-state index is 12.8. The Kier molecular flexibility index (Phi) is 6.97. The number of likely N-dealkylation sites (tertiary alicyclic amines) is 1. The van der Waals surface area contributed by atoms with E-state index in [0.717, 1.165) is 28.5 Å². The second kappa shape index (κ2) is 9.49. The molecule has 1 fully saturated rings. The lowest BCUT2D eigenvalue weighted by Crippen LogP contribution is -2.39. The summed E-state index contributed by atoms with van der Waals surface area (Å²) in [4.78, 5) is 27.1. The first-order chi connectivity index (χ1) is 14.7. The molecule has 1 aliphatic rings. The number of sulfonamides is 1. The molecule has 0 bridgehead atoms. The third-order valence-corrected chi connectivity index (χ3v) is 7.14. The van der Waals surface area contributed by atoms with E-state index < -0.39 is 15.9 Å². The van der Waals surface area contributed by atoms with Crippen LogP contribution in [0.5, 0.6) is 5.75 Å². The quantitative estimate of drug-likeness (QED) is 0.704. The van der Waals surface area contributed by atoms with E-state index in [0.29, 0.717) is 6.54 Å². The number of carbonyl (C=O) groups excluding carboxylic acids is 2. The zero-order valence-corrected chi connectivity index (χ0v) is 18.7. The molecule has 9 heteroatoms. The van der Waals surface area contributed by atoms with Crippen LogP contribution in [-0.2, 0) is 14.8 Å². The number of rotatable bonds is 7. The highest BCUT2D eigenvalue weighted by Crippen LogP contribution is 2.33. The highest BCUT2D eigenvalue weighted by molar-refractivity contribution is 7.89. The van der Waals surface area contributed by atoms with Gasteiger partial charge in [0.25, 0.3) is 5.91 Å². The molecular formula is C22H27N3O5S. The number of carbonyl (C=O) groups is 2. The van der Waals surface area contributed by atoms with Crippen molar-refractivity contribution in [2.75, 3.05) is 34.3 Å². The zero-order valence-electron chi connectivity index (χ0n) is 17.9. The Balaban J connectivity index is 1.67. The average molecular weight is 446 g/mol. The molecule has 1 N–H and O–H groups in total. The maximum Gasteiger partial charge on any atom is 0.251 e. The molecule has 8 nitrogen and oxygen atoms in total. The molecule has 31 heavy (non-hydrogen) atoms. The molecule has 1 heterocycles. The number of nitrogens with one attached hydrogen (secondary N) is 1. The minimum absolute atomic E-state index is 0.0223. The smallest absolute Gasteiger partial charge is 0.251 e. The van der Waals surface area contributed by atoms with E-state index in [9.17, 15) is 18.0 Å². The summed E-state index contributed by atoms with van der Waals surface area (Å²) in [5.41, 5.74) is 1.18. The molecule has 2 amide bonds. The molecule has 0 aromatic heterocycles. The number of ether oxygens (including phenoxy) is 1. The van der Waals surface area contributed by atoms with Gasteiger partial charge in [0.05, 0.1) is 24.6 Å². The topological polar surface area (TPSA) is 96.0 Å². The van der Waals surface area contributed by atoms with Crippen LogP contribution < -0.4 is 10.1 Å². The summed E-state index contributed by atoms with van der Waals surface area (Å²) in [6.45, 7) is 0.455. The van der Waals surface area contributed by atoms with E-state index in [1.165, 1.54) is 38.4 Å². The maximum atomic E-state index is 12.8. The van der Waals surface area contributed by atoms with Gasteiger partial charge in [-0.2, -0.15) is 0 Å². The zero-order chi connectivity index (χ0) is 22.6. The van der Waals surface area contributed by atoms with E-state index in [-0.39, 0.29) is 29.0 Å². The fourth-order valence-electron chi connectivity index (χ4n) is 3.63. The molecule has 1 aliphatic heterocycles. The SMILES string of the molecule is COc1cccc(C2CCCN2C(=O)CNC(=O)c2cccc(S(=O)(=O)N(C)C)c2)c1. The molecule has 0 aliphatic carbocycles. The Morgan fingerprint density at radius 1 is 1.16 bits per heavy atom. The van der Waals surface area contributed by atoms with E-state index >= 15 is 0 Å². The lowest BCUT2D eigenvalue weighted by Gasteiger charge is -2.25. The Morgan fingerprint density at radius 3 is 2.61 bits per heavy atom. The normalized spacial score (nSPS) is 16.4. The van der Waals surface area contributed by atoms with Crippen LogP contribution in [0.1, 0.15) is 34.8 Å². The summed E-state index contributed by atoms with van der Waals surface area (Å²) in [6.07, 6.45) is 1.73. The van der Waals surface area contributed by atoms with Crippen molar-refractivity contribution < 1.29 is 22.7 Å². The molecule has 2 aromatic rings. The molecule has 0 spiro atoms. The highest BCUT2D eigenvalue weighted by Gasteiger charge is 2.30. The third kappa shape index (κ3) is 5.05. The Hall–Kier alpha value is -2.91. The van der Waals surface area contributed by atoms with Gasteiger partial charge in [0.2, 0.25) is 15.9 Å². The van der Waals surface area contributed by atoms with Crippen molar-refractivity contribution in [1.82, 2.24) is 14.5 Å². The van der Waals surface area contributed by atoms with Crippen LogP contribution >= 0.6 is 0 Å². The predicted molar refractivity (Wildman–Crippen MR) is 116 cm³/mol. The first kappa shape index (κ1) is 22.8. The Bertz CT molecular complexity index is 1070. The average Bonchev–Trinajstić information content (AvgIpc) is 3.27. The molecule has 1 atom stereocenters. The summed E-state index contributed by atoms with van der Waals surface area (Å²) in [7, 11) is 0.801. The third-order valence-electron chi connectivity index (χ3n) is 5.33. The predicted octanol–water partition coefficient (Wildman–Crippen LogP) is 2.04. The van der Waals surface area contributed by atoms with Crippen LogP contribution in [0.2, 0.25) is 0 Å². The van der Waals surface area contributed by atoms with Crippen molar-refractivity contribution in [3.05, 3.63) is 59.7 Å². The van der Waals surface area contributed by atoms with Gasteiger partial charge < -0.3 is 15.0 Å².